The van der Waals surface area contributed by atoms with Gasteiger partial charge in [-0.25, -0.2) is 15.0 Å². The molecular weight excluding hydrogens is 202 g/mol. The number of nitrogens with two attached hydrogens (primary N) is 1. The second-order valence-corrected chi connectivity index (χ2v) is 3.55. The standard InChI is InChI=1S/C11H13N5/c1-3-4-5-6-16-8(2)15-9-10(12)13-7-14-11(9)16/h1,7H,4-6H2,2H3,(H2,12,13,14). The summed E-state index contributed by atoms with van der Waals surface area (Å²) < 4.78 is 2.02. The van der Waals surface area contributed by atoms with Gasteiger partial charge in [-0.2, -0.15) is 0 Å². The zero-order chi connectivity index (χ0) is 11.5. The molecule has 0 amide bonds. The van der Waals surface area contributed by atoms with Crippen LogP contribution in [0.4, 0.5) is 5.82 Å². The summed E-state index contributed by atoms with van der Waals surface area (Å²) in [4.78, 5) is 12.5. The van der Waals surface area contributed by atoms with Gasteiger partial charge in [0.05, 0.1) is 0 Å². The van der Waals surface area contributed by atoms with Crippen LogP contribution >= 0.6 is 0 Å². The van der Waals surface area contributed by atoms with Crippen LogP contribution in [0.15, 0.2) is 6.33 Å². The number of aryl methyl sites for hydroxylation is 2. The first-order valence-electron chi connectivity index (χ1n) is 5.11. The number of nitrogens with zero attached hydrogens (tertiary/aromatic N) is 4. The number of aromatic nitrogens is 4. The van der Waals surface area contributed by atoms with Crippen LogP contribution in [0.5, 0.6) is 0 Å². The fourth-order valence-corrected chi connectivity index (χ4v) is 1.67. The van der Waals surface area contributed by atoms with Gasteiger partial charge in [0.25, 0.3) is 0 Å². The molecule has 82 valence electrons. The third kappa shape index (κ3) is 1.70. The number of hydrogen-bond acceptors (Lipinski definition) is 4. The number of nitrogen functional groups attached to an aromatic ring is 1. The highest BCUT2D eigenvalue weighted by atomic mass is 15.1. The molecule has 16 heavy (non-hydrogen) atoms. The van der Waals surface area contributed by atoms with Gasteiger partial charge in [0, 0.05) is 13.0 Å². The zero-order valence-corrected chi connectivity index (χ0v) is 9.14. The molecule has 0 unspecified atom stereocenters. The number of terminal acetylenes is 1. The van der Waals surface area contributed by atoms with Crippen molar-refractivity contribution < 1.29 is 0 Å². The van der Waals surface area contributed by atoms with Crippen LogP contribution in [0.2, 0.25) is 0 Å². The second-order valence-electron chi connectivity index (χ2n) is 3.55. The highest BCUT2D eigenvalue weighted by Gasteiger charge is 2.10. The summed E-state index contributed by atoms with van der Waals surface area (Å²) in [5.74, 6) is 3.93. The molecule has 0 spiro atoms. The molecule has 5 nitrogen and oxygen atoms in total. The fourth-order valence-electron chi connectivity index (χ4n) is 1.67. The lowest BCUT2D eigenvalue weighted by molar-refractivity contribution is 0.648. The molecule has 2 N–H and O–H groups in total. The van der Waals surface area contributed by atoms with E-state index in [0.717, 1.165) is 30.9 Å². The first-order valence-corrected chi connectivity index (χ1v) is 5.11. The molecular formula is C11H13N5. The average Bonchev–Trinajstić information content (AvgIpc) is 2.58. The summed E-state index contributed by atoms with van der Waals surface area (Å²) in [7, 11) is 0. The van der Waals surface area contributed by atoms with Gasteiger partial charge in [-0.1, -0.05) is 0 Å². The van der Waals surface area contributed by atoms with E-state index in [0.29, 0.717) is 11.3 Å². The number of imidazole rings is 1. The van der Waals surface area contributed by atoms with E-state index in [2.05, 4.69) is 20.9 Å². The Labute approximate surface area is 93.7 Å². The monoisotopic (exact) mass is 215 g/mol. The van der Waals surface area contributed by atoms with E-state index in [9.17, 15) is 0 Å². The Morgan fingerprint density at radius 2 is 2.31 bits per heavy atom. The van der Waals surface area contributed by atoms with Crippen molar-refractivity contribution in [1.82, 2.24) is 19.5 Å². The minimum atomic E-state index is 0.420. The van der Waals surface area contributed by atoms with E-state index >= 15 is 0 Å². The molecule has 0 aliphatic carbocycles. The molecule has 2 aromatic heterocycles. The zero-order valence-electron chi connectivity index (χ0n) is 9.14. The topological polar surface area (TPSA) is 69.6 Å². The van der Waals surface area contributed by atoms with Gasteiger partial charge in [-0.3, -0.25) is 0 Å². The maximum atomic E-state index is 5.73. The van der Waals surface area contributed by atoms with E-state index < -0.39 is 0 Å². The molecule has 0 saturated heterocycles. The fraction of sp³-hybridized carbons (Fsp3) is 0.364. The van der Waals surface area contributed by atoms with Crippen LogP contribution < -0.4 is 5.73 Å². The number of unbranched alkanes of at least 4 members (excludes halogenated alkanes) is 1. The lowest BCUT2D eigenvalue weighted by atomic mass is 10.3. The molecule has 0 fully saturated rings. The van der Waals surface area contributed by atoms with Crippen molar-refractivity contribution in [2.75, 3.05) is 5.73 Å². The largest absolute Gasteiger partial charge is 0.382 e. The Kier molecular flexibility index (Phi) is 2.73. The van der Waals surface area contributed by atoms with Crippen molar-refractivity contribution in [3.63, 3.8) is 0 Å². The molecule has 2 heterocycles. The third-order valence-corrected chi connectivity index (χ3v) is 2.45. The van der Waals surface area contributed by atoms with Gasteiger partial charge in [-0.05, 0) is 13.3 Å². The van der Waals surface area contributed by atoms with Crippen molar-refractivity contribution in [2.45, 2.75) is 26.3 Å². The summed E-state index contributed by atoms with van der Waals surface area (Å²) in [6.45, 7) is 2.74. The molecule has 5 heteroatoms. The SMILES string of the molecule is C#CCCCn1c(C)nc2c(N)ncnc21. The van der Waals surface area contributed by atoms with Crippen molar-refractivity contribution in [3.05, 3.63) is 12.2 Å². The summed E-state index contributed by atoms with van der Waals surface area (Å²) in [6.07, 6.45) is 8.34. The van der Waals surface area contributed by atoms with Crippen LogP contribution in [0, 0.1) is 19.3 Å². The van der Waals surface area contributed by atoms with Crippen LogP contribution in [0.25, 0.3) is 11.2 Å². The number of anilines is 1. The van der Waals surface area contributed by atoms with Crippen molar-refractivity contribution in [2.24, 2.45) is 0 Å². The van der Waals surface area contributed by atoms with Crippen LogP contribution in [0.1, 0.15) is 18.7 Å². The van der Waals surface area contributed by atoms with Crippen LogP contribution in [-0.2, 0) is 6.54 Å². The molecule has 0 radical (unpaired) electrons. The summed E-state index contributed by atoms with van der Waals surface area (Å²) in [5.41, 5.74) is 7.18. The highest BCUT2D eigenvalue weighted by molar-refractivity contribution is 5.81. The molecule has 0 aliphatic heterocycles. The third-order valence-electron chi connectivity index (χ3n) is 2.45. The average molecular weight is 215 g/mol. The molecule has 0 aliphatic rings. The van der Waals surface area contributed by atoms with E-state index in [1.165, 1.54) is 6.33 Å². The van der Waals surface area contributed by atoms with Gasteiger partial charge < -0.3 is 10.3 Å². The molecule has 0 aromatic carbocycles. The normalized spacial score (nSPS) is 10.5. The predicted octanol–water partition coefficient (Wildman–Crippen LogP) is 1.13. The van der Waals surface area contributed by atoms with Crippen molar-refractivity contribution in [3.8, 4) is 12.3 Å². The number of hydrogen-bond donors (Lipinski definition) is 1. The van der Waals surface area contributed by atoms with Crippen LogP contribution in [0.3, 0.4) is 0 Å². The number of fused-ring (bicyclic) bond motifs is 1. The lowest BCUT2D eigenvalue weighted by Crippen LogP contribution is -2.02. The van der Waals surface area contributed by atoms with Gasteiger partial charge >= 0.3 is 0 Å². The maximum absolute atomic E-state index is 5.73. The first kappa shape index (κ1) is 10.4. The Morgan fingerprint density at radius 3 is 3.06 bits per heavy atom. The van der Waals surface area contributed by atoms with Gasteiger partial charge in [0.1, 0.15) is 12.2 Å². The van der Waals surface area contributed by atoms with Gasteiger partial charge in [-0.15, -0.1) is 12.3 Å². The van der Waals surface area contributed by atoms with Gasteiger partial charge in [0.15, 0.2) is 17.0 Å². The summed E-state index contributed by atoms with van der Waals surface area (Å²) in [6, 6.07) is 0. The minimum Gasteiger partial charge on any atom is -0.382 e. The molecule has 2 aromatic rings. The Hall–Kier alpha value is -2.09. The maximum Gasteiger partial charge on any atom is 0.165 e. The van der Waals surface area contributed by atoms with Crippen molar-refractivity contribution >= 4 is 17.0 Å². The van der Waals surface area contributed by atoms with Crippen LogP contribution in [-0.4, -0.2) is 19.5 Å². The molecule has 2 rings (SSSR count). The van der Waals surface area contributed by atoms with E-state index in [4.69, 9.17) is 12.2 Å². The van der Waals surface area contributed by atoms with E-state index in [1.54, 1.807) is 0 Å². The Balaban J connectivity index is 2.41. The van der Waals surface area contributed by atoms with E-state index in [1.807, 2.05) is 11.5 Å². The molecule has 0 atom stereocenters. The Morgan fingerprint density at radius 1 is 1.50 bits per heavy atom. The second kappa shape index (κ2) is 4.19. The quantitative estimate of drug-likeness (QED) is 0.615. The highest BCUT2D eigenvalue weighted by Crippen LogP contribution is 2.17. The minimum absolute atomic E-state index is 0.420. The van der Waals surface area contributed by atoms with E-state index in [-0.39, 0.29) is 0 Å². The first-order chi connectivity index (χ1) is 7.74. The summed E-state index contributed by atoms with van der Waals surface area (Å²) in [5, 5.41) is 0. The number of rotatable bonds is 3. The lowest BCUT2D eigenvalue weighted by Gasteiger charge is -2.03. The Bertz CT molecular complexity index is 549. The van der Waals surface area contributed by atoms with Crippen molar-refractivity contribution in [1.29, 1.82) is 0 Å². The van der Waals surface area contributed by atoms with Gasteiger partial charge in [0.2, 0.25) is 0 Å². The summed E-state index contributed by atoms with van der Waals surface area (Å²) >= 11 is 0. The molecule has 0 saturated carbocycles. The predicted molar refractivity (Wildman–Crippen MR) is 62.5 cm³/mol. The molecule has 0 bridgehead atoms. The smallest absolute Gasteiger partial charge is 0.165 e.